The van der Waals surface area contributed by atoms with Crippen LogP contribution >= 0.6 is 11.6 Å². The fourth-order valence-electron chi connectivity index (χ4n) is 3.30. The van der Waals surface area contributed by atoms with E-state index < -0.39 is 5.60 Å². The van der Waals surface area contributed by atoms with Gasteiger partial charge < -0.3 is 10.8 Å². The first-order chi connectivity index (χ1) is 8.41. The Labute approximate surface area is 114 Å². The van der Waals surface area contributed by atoms with E-state index in [4.69, 9.17) is 17.3 Å². The maximum atomic E-state index is 11.0. The van der Waals surface area contributed by atoms with Crippen LogP contribution in [0.4, 0.5) is 0 Å². The molecule has 0 radical (unpaired) electrons. The van der Waals surface area contributed by atoms with Gasteiger partial charge >= 0.3 is 0 Å². The number of rotatable bonds is 3. The first kappa shape index (κ1) is 13.9. The van der Waals surface area contributed by atoms with E-state index in [1.165, 1.54) is 0 Å². The number of hydrogen-bond acceptors (Lipinski definition) is 2. The van der Waals surface area contributed by atoms with Crippen LogP contribution in [-0.4, -0.2) is 11.7 Å². The molecule has 1 saturated carbocycles. The maximum Gasteiger partial charge on any atom is 0.0936 e. The predicted molar refractivity (Wildman–Crippen MR) is 75.5 cm³/mol. The van der Waals surface area contributed by atoms with E-state index in [1.807, 2.05) is 31.2 Å². The number of benzene rings is 1. The van der Waals surface area contributed by atoms with Crippen LogP contribution in [0.5, 0.6) is 0 Å². The number of halogens is 1. The van der Waals surface area contributed by atoms with Gasteiger partial charge in [0.1, 0.15) is 0 Å². The Bertz CT molecular complexity index is 415. The van der Waals surface area contributed by atoms with Crippen molar-refractivity contribution in [2.24, 2.45) is 17.1 Å². The zero-order valence-corrected chi connectivity index (χ0v) is 11.9. The lowest BCUT2D eigenvalue weighted by atomic mass is 9.67. The van der Waals surface area contributed by atoms with Gasteiger partial charge in [-0.2, -0.15) is 0 Å². The highest BCUT2D eigenvalue weighted by Gasteiger charge is 2.50. The van der Waals surface area contributed by atoms with Crippen LogP contribution in [-0.2, 0) is 5.60 Å². The monoisotopic (exact) mass is 267 g/mol. The first-order valence-corrected chi connectivity index (χ1v) is 6.97. The molecule has 0 spiro atoms. The molecule has 1 aromatic carbocycles. The highest BCUT2D eigenvalue weighted by atomic mass is 35.5. The number of hydrogen-bond donors (Lipinski definition) is 2. The first-order valence-electron chi connectivity index (χ1n) is 6.60. The summed E-state index contributed by atoms with van der Waals surface area (Å²) in [4.78, 5) is 0. The summed E-state index contributed by atoms with van der Waals surface area (Å²) < 4.78 is 0. The molecule has 3 N–H and O–H groups in total. The van der Waals surface area contributed by atoms with E-state index >= 15 is 0 Å². The zero-order chi connectivity index (χ0) is 13.4. The third-order valence-corrected chi connectivity index (χ3v) is 4.94. The van der Waals surface area contributed by atoms with E-state index in [9.17, 15) is 5.11 Å². The second-order valence-electron chi connectivity index (χ2n) is 5.91. The lowest BCUT2D eigenvalue weighted by molar-refractivity contribution is -0.0711. The Balaban J connectivity index is 2.37. The fraction of sp³-hybridized carbons (Fsp3) is 0.600. The molecule has 0 saturated heterocycles. The van der Waals surface area contributed by atoms with Crippen molar-refractivity contribution in [3.05, 3.63) is 34.9 Å². The molecule has 1 aliphatic rings. The molecule has 0 amide bonds. The van der Waals surface area contributed by atoms with Crippen molar-refractivity contribution < 1.29 is 5.11 Å². The minimum atomic E-state index is -0.892. The van der Waals surface area contributed by atoms with Gasteiger partial charge in [0.25, 0.3) is 0 Å². The molecule has 0 aliphatic heterocycles. The van der Waals surface area contributed by atoms with Gasteiger partial charge in [0, 0.05) is 17.0 Å². The minimum Gasteiger partial charge on any atom is -0.385 e. The summed E-state index contributed by atoms with van der Waals surface area (Å²) in [5.41, 5.74) is 5.81. The van der Waals surface area contributed by atoms with Crippen LogP contribution in [0.2, 0.25) is 5.02 Å². The molecule has 0 aromatic heterocycles. The Morgan fingerprint density at radius 3 is 2.50 bits per heavy atom. The number of aliphatic hydroxyl groups is 1. The van der Waals surface area contributed by atoms with Gasteiger partial charge in [-0.3, -0.25) is 0 Å². The zero-order valence-electron chi connectivity index (χ0n) is 11.1. The van der Waals surface area contributed by atoms with Gasteiger partial charge in [-0.25, -0.2) is 0 Å². The van der Waals surface area contributed by atoms with Crippen molar-refractivity contribution in [3.63, 3.8) is 0 Å². The van der Waals surface area contributed by atoms with Crippen LogP contribution in [0.25, 0.3) is 0 Å². The van der Waals surface area contributed by atoms with Crippen LogP contribution < -0.4 is 5.73 Å². The molecule has 3 heteroatoms. The Kier molecular flexibility index (Phi) is 3.72. The van der Waals surface area contributed by atoms with Gasteiger partial charge in [0.05, 0.1) is 5.60 Å². The van der Waals surface area contributed by atoms with Crippen LogP contribution in [0.3, 0.4) is 0 Å². The summed E-state index contributed by atoms with van der Waals surface area (Å²) >= 11 is 5.91. The summed E-state index contributed by atoms with van der Waals surface area (Å²) in [6.45, 7) is 4.64. The van der Waals surface area contributed by atoms with E-state index in [1.54, 1.807) is 0 Å². The van der Waals surface area contributed by atoms with Crippen molar-refractivity contribution in [1.29, 1.82) is 0 Å². The smallest absolute Gasteiger partial charge is 0.0936 e. The van der Waals surface area contributed by atoms with Crippen molar-refractivity contribution in [2.75, 3.05) is 6.54 Å². The average molecular weight is 268 g/mol. The van der Waals surface area contributed by atoms with Gasteiger partial charge in [-0.05, 0) is 49.8 Å². The second kappa shape index (κ2) is 4.84. The van der Waals surface area contributed by atoms with E-state index in [2.05, 4.69) is 6.92 Å². The van der Waals surface area contributed by atoms with Crippen molar-refractivity contribution in [1.82, 2.24) is 0 Å². The molecule has 3 unspecified atom stereocenters. The quantitative estimate of drug-likeness (QED) is 0.883. The minimum absolute atomic E-state index is 0.208. The van der Waals surface area contributed by atoms with E-state index in [0.717, 1.165) is 24.8 Å². The molecule has 2 rings (SSSR count). The lowest BCUT2D eigenvalue weighted by Crippen LogP contribution is -2.47. The van der Waals surface area contributed by atoms with Crippen LogP contribution in [0, 0.1) is 11.3 Å². The van der Waals surface area contributed by atoms with E-state index in [0.29, 0.717) is 17.5 Å². The summed E-state index contributed by atoms with van der Waals surface area (Å²) in [5.74, 6) is 0.632. The summed E-state index contributed by atoms with van der Waals surface area (Å²) in [5, 5.41) is 11.7. The van der Waals surface area contributed by atoms with Gasteiger partial charge in [0.15, 0.2) is 0 Å². The van der Waals surface area contributed by atoms with Crippen molar-refractivity contribution in [2.45, 2.75) is 38.7 Å². The molecular formula is C15H22ClNO. The normalized spacial score (nSPS) is 31.3. The molecule has 0 heterocycles. The number of nitrogens with two attached hydrogens (primary N) is 1. The predicted octanol–water partition coefficient (Wildman–Crippen LogP) is 3.31. The molecule has 18 heavy (non-hydrogen) atoms. The Morgan fingerprint density at radius 2 is 2.06 bits per heavy atom. The third kappa shape index (κ3) is 2.18. The molecule has 1 fully saturated rings. The lowest BCUT2D eigenvalue weighted by Gasteiger charge is -2.43. The summed E-state index contributed by atoms with van der Waals surface area (Å²) in [7, 11) is 0. The van der Waals surface area contributed by atoms with Crippen LogP contribution in [0.1, 0.15) is 38.7 Å². The molecule has 1 aromatic rings. The van der Waals surface area contributed by atoms with Gasteiger partial charge in [0.2, 0.25) is 0 Å². The maximum absolute atomic E-state index is 11.0. The third-order valence-electron chi connectivity index (χ3n) is 4.68. The molecule has 100 valence electrons. The Hall–Kier alpha value is -0.570. The van der Waals surface area contributed by atoms with Crippen molar-refractivity contribution in [3.8, 4) is 0 Å². The molecule has 0 bridgehead atoms. The largest absolute Gasteiger partial charge is 0.385 e. The summed E-state index contributed by atoms with van der Waals surface area (Å²) in [6, 6.07) is 7.47. The standard InChI is InChI=1S/C15H22ClNO/c1-11-7-8-15(9-11,10-17)14(2,18)12-3-5-13(16)6-4-12/h3-6,11,18H,7-10,17H2,1-2H3. The van der Waals surface area contributed by atoms with Crippen molar-refractivity contribution >= 4 is 11.6 Å². The highest BCUT2D eigenvalue weighted by molar-refractivity contribution is 6.30. The highest BCUT2D eigenvalue weighted by Crippen LogP contribution is 2.52. The van der Waals surface area contributed by atoms with Crippen LogP contribution in [0.15, 0.2) is 24.3 Å². The summed E-state index contributed by atoms with van der Waals surface area (Å²) in [6.07, 6.45) is 3.11. The molecule has 1 aliphatic carbocycles. The Morgan fingerprint density at radius 1 is 1.44 bits per heavy atom. The topological polar surface area (TPSA) is 46.2 Å². The molecular weight excluding hydrogens is 246 g/mol. The van der Waals surface area contributed by atoms with Gasteiger partial charge in [-0.15, -0.1) is 0 Å². The van der Waals surface area contributed by atoms with Gasteiger partial charge in [-0.1, -0.05) is 30.7 Å². The second-order valence-corrected chi connectivity index (χ2v) is 6.35. The molecule has 2 nitrogen and oxygen atoms in total. The average Bonchev–Trinajstić information content (AvgIpc) is 2.73. The molecule has 3 atom stereocenters. The van der Waals surface area contributed by atoms with E-state index in [-0.39, 0.29) is 5.41 Å². The SMILES string of the molecule is CC1CCC(CN)(C(C)(O)c2ccc(Cl)cc2)C1. The fourth-order valence-corrected chi connectivity index (χ4v) is 3.43.